The van der Waals surface area contributed by atoms with E-state index in [9.17, 15) is 80.8 Å². The van der Waals surface area contributed by atoms with Crippen molar-refractivity contribution in [1.29, 1.82) is 0 Å². The van der Waals surface area contributed by atoms with Crippen molar-refractivity contribution >= 4 is 17.9 Å². The molecule has 0 unspecified atom stereocenters. The van der Waals surface area contributed by atoms with Gasteiger partial charge in [0.15, 0.2) is 25.0 Å². The first-order chi connectivity index (χ1) is 35.5. The summed E-state index contributed by atoms with van der Waals surface area (Å²) >= 11 is 0. The molecule has 13 N–H and O–H groups in total. The standard InChI is InChI=1S/C52H82O24/c1-21(57)69-41-42(70-22(2)58)52(20-56)24(15-47(41,3)4)23-9-10-28-48(5)13-12-30(49(6,19-55)27(48)11-14-50(28,7)51(23,8)16-29(52)59)73-46-39(75-45-36(65)34(63)32(61)26(18-54)72-45)37(66)38(40(76-46)43(67)68)74-44-35(64)33(62)31(60)25(17-53)71-44/h9,24-42,44-46,53-56,59-66H,10-20H2,1-8H3,(H,67,68)/t24-,25+,26+,27+,28+,29+,30-,31+,32+,33-,34-,35+,36+,37-,38-,39+,40-,41-,42-,44-,45-,46+,48-,49+,50+,51+,52-/m0/s1. The molecule has 24 nitrogen and oxygen atoms in total. The summed E-state index contributed by atoms with van der Waals surface area (Å²) < 4.78 is 47.7. The van der Waals surface area contributed by atoms with Gasteiger partial charge in [-0.1, -0.05) is 53.2 Å². The van der Waals surface area contributed by atoms with Gasteiger partial charge in [0.05, 0.1) is 44.1 Å². The summed E-state index contributed by atoms with van der Waals surface area (Å²) in [6.45, 7) is 12.0. The SMILES string of the molecule is CC(=O)O[C@H]1[C@H](OC(C)=O)[C@]2(CO)[C@H](O)C[C@]3(C)C(=CC[C@@H]4[C@@]5(C)CC[C@H](O[C@@H]6O[C@H](C(=O)O)[C@@H](O[C@@H]7O[C@H](CO)[C@@H](O)[C@H](O)[C@H]7O)[C@H](O)[C@H]6O[C@@H]6O[C@H](CO)[C@@H](O)[C@H](O)[C@H]6O)[C@](C)(CO)[C@@H]5CC[C@]43C)[C@@H]2CC1(C)C. The maximum absolute atomic E-state index is 13.1. The monoisotopic (exact) mass is 1090 g/mol. The van der Waals surface area contributed by atoms with Crippen LogP contribution >= 0.6 is 0 Å². The van der Waals surface area contributed by atoms with Gasteiger partial charge >= 0.3 is 17.9 Å². The zero-order valence-corrected chi connectivity index (χ0v) is 44.4. The summed E-state index contributed by atoms with van der Waals surface area (Å²) in [5.41, 5.74) is -4.00. The van der Waals surface area contributed by atoms with Crippen molar-refractivity contribution in [2.45, 2.75) is 217 Å². The average Bonchev–Trinajstić information content (AvgIpc) is 3.38. The van der Waals surface area contributed by atoms with Crippen molar-refractivity contribution in [3.8, 4) is 0 Å². The van der Waals surface area contributed by atoms with Crippen LogP contribution in [-0.4, -0.2) is 227 Å². The lowest BCUT2D eigenvalue weighted by Crippen LogP contribution is -2.72. The average molecular weight is 1090 g/mol. The van der Waals surface area contributed by atoms with Gasteiger partial charge in [-0.15, -0.1) is 0 Å². The molecule has 5 aliphatic carbocycles. The van der Waals surface area contributed by atoms with Crippen LogP contribution in [0.15, 0.2) is 11.6 Å². The highest BCUT2D eigenvalue weighted by atomic mass is 16.8. The molecule has 27 atom stereocenters. The molecule has 434 valence electrons. The Kier molecular flexibility index (Phi) is 16.8. The van der Waals surface area contributed by atoms with Crippen LogP contribution in [0.2, 0.25) is 0 Å². The Morgan fingerprint density at radius 3 is 1.68 bits per heavy atom. The highest BCUT2D eigenvalue weighted by molar-refractivity contribution is 5.73. The number of carboxylic acids is 1. The van der Waals surface area contributed by atoms with Crippen LogP contribution in [-0.2, 0) is 52.3 Å². The van der Waals surface area contributed by atoms with E-state index in [0.717, 1.165) is 5.57 Å². The molecule has 24 heteroatoms. The second-order valence-electron chi connectivity index (χ2n) is 24.8. The molecule has 8 rings (SSSR count). The van der Waals surface area contributed by atoms with Gasteiger partial charge in [0, 0.05) is 24.7 Å². The number of allylic oxidation sites excluding steroid dienone is 2. The Morgan fingerprint density at radius 1 is 0.618 bits per heavy atom. The highest BCUT2D eigenvalue weighted by Crippen LogP contribution is 2.76. The van der Waals surface area contributed by atoms with E-state index in [1.165, 1.54) is 13.8 Å². The second kappa shape index (κ2) is 21.4. The van der Waals surface area contributed by atoms with Crippen molar-refractivity contribution < 1.29 is 119 Å². The molecule has 0 radical (unpaired) electrons. The van der Waals surface area contributed by atoms with Crippen LogP contribution in [0, 0.1) is 50.2 Å². The zero-order chi connectivity index (χ0) is 56.2. The predicted octanol–water partition coefficient (Wildman–Crippen LogP) is -2.27. The predicted molar refractivity (Wildman–Crippen MR) is 255 cm³/mol. The fourth-order valence-corrected chi connectivity index (χ4v) is 16.1. The minimum Gasteiger partial charge on any atom is -0.479 e. The largest absolute Gasteiger partial charge is 0.479 e. The molecule has 0 amide bonds. The molecule has 7 fully saturated rings. The number of hydrogen-bond donors (Lipinski definition) is 13. The quantitative estimate of drug-likeness (QED) is 0.0525. The molecule has 3 heterocycles. The van der Waals surface area contributed by atoms with Gasteiger partial charge in [-0.2, -0.15) is 0 Å². The molecule has 76 heavy (non-hydrogen) atoms. The van der Waals surface area contributed by atoms with Crippen LogP contribution < -0.4 is 0 Å². The number of esters is 2. The lowest BCUT2D eigenvalue weighted by molar-refractivity contribution is -0.392. The van der Waals surface area contributed by atoms with Crippen LogP contribution in [0.3, 0.4) is 0 Å². The Morgan fingerprint density at radius 2 is 1.17 bits per heavy atom. The number of hydrogen-bond acceptors (Lipinski definition) is 23. The van der Waals surface area contributed by atoms with E-state index >= 15 is 0 Å². The number of fused-ring (bicyclic) bond motifs is 7. The Bertz CT molecular complexity index is 2160. The topological polar surface area (TPSA) is 388 Å². The van der Waals surface area contributed by atoms with E-state index in [2.05, 4.69) is 26.8 Å². The van der Waals surface area contributed by atoms with Crippen LogP contribution in [0.25, 0.3) is 0 Å². The van der Waals surface area contributed by atoms with Gasteiger partial charge in [0.25, 0.3) is 0 Å². The molecular formula is C52H82O24. The molecule has 0 aromatic heterocycles. The fourth-order valence-electron chi connectivity index (χ4n) is 16.1. The summed E-state index contributed by atoms with van der Waals surface area (Å²) in [6, 6.07) is 0. The number of rotatable bonds is 13. The van der Waals surface area contributed by atoms with E-state index < -0.39 is 199 Å². The van der Waals surface area contributed by atoms with Crippen molar-refractivity contribution in [2.24, 2.45) is 50.2 Å². The third kappa shape index (κ3) is 9.28. The third-order valence-electron chi connectivity index (χ3n) is 20.4. The maximum atomic E-state index is 13.1. The summed E-state index contributed by atoms with van der Waals surface area (Å²) in [4.78, 5) is 38.4. The molecular weight excluding hydrogens is 1010 g/mol. The number of ether oxygens (including phenoxy) is 8. The van der Waals surface area contributed by atoms with Crippen molar-refractivity contribution in [1.82, 2.24) is 0 Å². The van der Waals surface area contributed by atoms with Crippen molar-refractivity contribution in [2.75, 3.05) is 26.4 Å². The smallest absolute Gasteiger partial charge is 0.335 e. The third-order valence-corrected chi connectivity index (χ3v) is 20.4. The Labute approximate surface area is 440 Å². The molecule has 0 aromatic carbocycles. The van der Waals surface area contributed by atoms with E-state index in [1.807, 2.05) is 20.8 Å². The molecule has 4 saturated carbocycles. The first-order valence-corrected chi connectivity index (χ1v) is 26.6. The lowest BCUT2D eigenvalue weighted by atomic mass is 9.33. The number of carboxylic acid groups (broad SMARTS) is 1. The van der Waals surface area contributed by atoms with E-state index in [1.54, 1.807) is 0 Å². The Balaban J connectivity index is 1.12. The van der Waals surface area contributed by atoms with E-state index in [-0.39, 0.29) is 24.7 Å². The van der Waals surface area contributed by atoms with Crippen LogP contribution in [0.5, 0.6) is 0 Å². The molecule has 0 spiro atoms. The summed E-state index contributed by atoms with van der Waals surface area (Å²) in [5, 5.41) is 143. The van der Waals surface area contributed by atoms with Crippen molar-refractivity contribution in [3.63, 3.8) is 0 Å². The number of aliphatic hydroxyl groups is 12. The molecule has 8 aliphatic rings. The number of aliphatic carboxylic acids is 1. The summed E-state index contributed by atoms with van der Waals surface area (Å²) in [5.74, 6) is -3.82. The van der Waals surface area contributed by atoms with Gasteiger partial charge in [0.1, 0.15) is 79.4 Å². The molecule has 3 saturated heterocycles. The number of aliphatic hydroxyl groups excluding tert-OH is 12. The van der Waals surface area contributed by atoms with E-state index in [4.69, 9.17) is 37.9 Å². The lowest BCUT2D eigenvalue weighted by Gasteiger charge is -2.72. The highest BCUT2D eigenvalue weighted by Gasteiger charge is 2.74. The van der Waals surface area contributed by atoms with Crippen LogP contribution in [0.4, 0.5) is 0 Å². The first kappa shape index (κ1) is 59.5. The van der Waals surface area contributed by atoms with Crippen molar-refractivity contribution in [3.05, 3.63) is 11.6 Å². The molecule has 3 aliphatic heterocycles. The van der Waals surface area contributed by atoms with Crippen LogP contribution in [0.1, 0.15) is 100 Å². The number of carbonyl (C=O) groups is 3. The van der Waals surface area contributed by atoms with Gasteiger partial charge in [-0.25, -0.2) is 4.79 Å². The summed E-state index contributed by atoms with van der Waals surface area (Å²) in [7, 11) is 0. The number of carbonyl (C=O) groups excluding carboxylic acids is 2. The van der Waals surface area contributed by atoms with Gasteiger partial charge < -0.3 is 104 Å². The minimum atomic E-state index is -2.17. The summed E-state index contributed by atoms with van der Waals surface area (Å²) in [6.07, 6.45) is -27.9. The minimum absolute atomic E-state index is 0.0745. The maximum Gasteiger partial charge on any atom is 0.335 e. The van der Waals surface area contributed by atoms with Gasteiger partial charge in [0.2, 0.25) is 0 Å². The molecule has 0 aromatic rings. The van der Waals surface area contributed by atoms with Gasteiger partial charge in [-0.05, 0) is 78.9 Å². The normalized spacial score (nSPS) is 51.9. The van der Waals surface area contributed by atoms with E-state index in [0.29, 0.717) is 32.1 Å². The fraction of sp³-hybridized carbons (Fsp3) is 0.904. The Hall–Kier alpha value is -2.57. The molecule has 0 bridgehead atoms. The van der Waals surface area contributed by atoms with Gasteiger partial charge in [-0.3, -0.25) is 9.59 Å². The first-order valence-electron chi connectivity index (χ1n) is 26.6. The second-order valence-corrected chi connectivity index (χ2v) is 24.8. The zero-order valence-electron chi connectivity index (χ0n) is 44.4.